The van der Waals surface area contributed by atoms with Gasteiger partial charge in [0.1, 0.15) is 0 Å². The van der Waals surface area contributed by atoms with Gasteiger partial charge in [0, 0.05) is 42.1 Å². The Kier molecular flexibility index (Phi) is 5.84. The molecule has 0 saturated heterocycles. The molecular formula is C15H26ClN5. The molecule has 0 amide bonds. The topological polar surface area (TPSA) is 47.7 Å². The number of anilines is 1. The van der Waals surface area contributed by atoms with Crippen molar-refractivity contribution >= 4 is 18.2 Å². The standard InChI is InChI=1S/C15H25N5.ClH/c1-10(2)19-8-12(5)15(18-19)16-7-14-9-20(11(3)4)17-13(14)6;/h8-11H,7H2,1-6H3,(H,16,18);1H. The maximum absolute atomic E-state index is 4.57. The van der Waals surface area contributed by atoms with Gasteiger partial charge in [-0.3, -0.25) is 9.36 Å². The van der Waals surface area contributed by atoms with Crippen LogP contribution in [0.15, 0.2) is 12.4 Å². The van der Waals surface area contributed by atoms with Gasteiger partial charge in [-0.25, -0.2) is 0 Å². The zero-order chi connectivity index (χ0) is 14.9. The van der Waals surface area contributed by atoms with Crippen molar-refractivity contribution in [1.82, 2.24) is 19.6 Å². The molecule has 0 aliphatic heterocycles. The quantitative estimate of drug-likeness (QED) is 0.911. The van der Waals surface area contributed by atoms with Gasteiger partial charge in [-0.1, -0.05) is 0 Å². The van der Waals surface area contributed by atoms with Crippen LogP contribution in [-0.2, 0) is 6.54 Å². The van der Waals surface area contributed by atoms with Crippen molar-refractivity contribution in [2.24, 2.45) is 0 Å². The monoisotopic (exact) mass is 311 g/mol. The number of aromatic nitrogens is 4. The van der Waals surface area contributed by atoms with E-state index in [0.29, 0.717) is 12.1 Å². The van der Waals surface area contributed by atoms with Crippen molar-refractivity contribution in [2.45, 2.75) is 60.2 Å². The van der Waals surface area contributed by atoms with Crippen molar-refractivity contribution < 1.29 is 0 Å². The third-order valence-corrected chi connectivity index (χ3v) is 3.44. The van der Waals surface area contributed by atoms with E-state index in [0.717, 1.165) is 18.1 Å². The lowest BCUT2D eigenvalue weighted by Crippen LogP contribution is -2.04. The zero-order valence-corrected chi connectivity index (χ0v) is 14.5. The highest BCUT2D eigenvalue weighted by Crippen LogP contribution is 2.17. The molecule has 118 valence electrons. The summed E-state index contributed by atoms with van der Waals surface area (Å²) >= 11 is 0. The van der Waals surface area contributed by atoms with Crippen molar-refractivity contribution in [3.63, 3.8) is 0 Å². The van der Waals surface area contributed by atoms with Gasteiger partial charge in [-0.2, -0.15) is 10.2 Å². The lowest BCUT2D eigenvalue weighted by atomic mass is 10.2. The number of aryl methyl sites for hydroxylation is 2. The van der Waals surface area contributed by atoms with Gasteiger partial charge in [0.15, 0.2) is 5.82 Å². The van der Waals surface area contributed by atoms with E-state index in [1.807, 2.05) is 9.36 Å². The van der Waals surface area contributed by atoms with Crippen molar-refractivity contribution in [3.8, 4) is 0 Å². The molecule has 0 bridgehead atoms. The van der Waals surface area contributed by atoms with E-state index in [1.54, 1.807) is 0 Å². The predicted molar refractivity (Wildman–Crippen MR) is 89.3 cm³/mol. The zero-order valence-electron chi connectivity index (χ0n) is 13.7. The average molecular weight is 312 g/mol. The molecule has 5 nitrogen and oxygen atoms in total. The Bertz CT molecular complexity index is 531. The van der Waals surface area contributed by atoms with Gasteiger partial charge in [0.05, 0.1) is 5.69 Å². The van der Waals surface area contributed by atoms with Crippen LogP contribution in [0.4, 0.5) is 5.82 Å². The van der Waals surface area contributed by atoms with E-state index in [1.165, 1.54) is 11.1 Å². The van der Waals surface area contributed by atoms with E-state index < -0.39 is 0 Å². The number of halogens is 1. The van der Waals surface area contributed by atoms with Gasteiger partial charge in [-0.15, -0.1) is 12.4 Å². The molecule has 6 heteroatoms. The number of rotatable bonds is 5. The Hall–Kier alpha value is -1.49. The molecule has 0 fully saturated rings. The first-order chi connectivity index (χ1) is 9.38. The summed E-state index contributed by atoms with van der Waals surface area (Å²) in [6, 6.07) is 0.777. The fraction of sp³-hybridized carbons (Fsp3) is 0.600. The molecule has 0 aliphatic carbocycles. The predicted octanol–water partition coefficient (Wildman–Crippen LogP) is 3.89. The molecule has 0 atom stereocenters. The number of nitrogens with one attached hydrogen (secondary N) is 1. The molecule has 0 saturated carbocycles. The third kappa shape index (κ3) is 4.00. The Morgan fingerprint density at radius 2 is 1.57 bits per heavy atom. The van der Waals surface area contributed by atoms with Crippen molar-refractivity contribution in [3.05, 3.63) is 29.2 Å². The maximum Gasteiger partial charge on any atom is 0.151 e. The summed E-state index contributed by atoms with van der Waals surface area (Å²) in [5, 5.41) is 12.5. The Morgan fingerprint density at radius 3 is 2.05 bits per heavy atom. The van der Waals surface area contributed by atoms with E-state index in [9.17, 15) is 0 Å². The van der Waals surface area contributed by atoms with Crippen LogP contribution in [-0.4, -0.2) is 19.6 Å². The summed E-state index contributed by atoms with van der Waals surface area (Å²) < 4.78 is 3.99. The summed E-state index contributed by atoms with van der Waals surface area (Å²) in [6.07, 6.45) is 4.19. The summed E-state index contributed by atoms with van der Waals surface area (Å²) in [7, 11) is 0. The first-order valence-electron chi connectivity index (χ1n) is 7.22. The van der Waals surface area contributed by atoms with E-state index >= 15 is 0 Å². The van der Waals surface area contributed by atoms with Crippen molar-refractivity contribution in [1.29, 1.82) is 0 Å². The van der Waals surface area contributed by atoms with Crippen molar-refractivity contribution in [2.75, 3.05) is 5.32 Å². The molecule has 0 aliphatic rings. The average Bonchev–Trinajstić information content (AvgIpc) is 2.91. The second-order valence-electron chi connectivity index (χ2n) is 5.90. The highest BCUT2D eigenvalue weighted by Gasteiger charge is 2.10. The normalized spacial score (nSPS) is 11.0. The van der Waals surface area contributed by atoms with Gasteiger partial charge < -0.3 is 5.32 Å². The number of hydrogen-bond donors (Lipinski definition) is 1. The third-order valence-electron chi connectivity index (χ3n) is 3.44. The smallest absolute Gasteiger partial charge is 0.151 e. The second-order valence-corrected chi connectivity index (χ2v) is 5.90. The molecule has 2 aromatic heterocycles. The van der Waals surface area contributed by atoms with Gasteiger partial charge in [-0.05, 0) is 41.5 Å². The van der Waals surface area contributed by atoms with Crippen LogP contribution < -0.4 is 5.32 Å². The Morgan fingerprint density at radius 1 is 1.00 bits per heavy atom. The van der Waals surface area contributed by atoms with Crippen LogP contribution in [0.2, 0.25) is 0 Å². The molecule has 21 heavy (non-hydrogen) atoms. The van der Waals surface area contributed by atoms with Crippen LogP contribution in [0.1, 0.15) is 56.6 Å². The van der Waals surface area contributed by atoms with Gasteiger partial charge in [0.25, 0.3) is 0 Å². The summed E-state index contributed by atoms with van der Waals surface area (Å²) in [6.45, 7) is 13.4. The molecule has 0 spiro atoms. The summed E-state index contributed by atoms with van der Waals surface area (Å²) in [5.41, 5.74) is 3.47. The molecule has 1 N–H and O–H groups in total. The lowest BCUT2D eigenvalue weighted by Gasteiger charge is -2.05. The molecule has 0 unspecified atom stereocenters. The molecule has 2 heterocycles. The highest BCUT2D eigenvalue weighted by atomic mass is 35.5. The minimum Gasteiger partial charge on any atom is -0.364 e. The van der Waals surface area contributed by atoms with E-state index in [4.69, 9.17) is 0 Å². The van der Waals surface area contributed by atoms with E-state index in [2.05, 4.69) is 69.5 Å². The minimum absolute atomic E-state index is 0. The van der Waals surface area contributed by atoms with Gasteiger partial charge in [0.2, 0.25) is 0 Å². The van der Waals surface area contributed by atoms with Crippen LogP contribution in [0.3, 0.4) is 0 Å². The minimum atomic E-state index is 0. The van der Waals surface area contributed by atoms with Crippen LogP contribution in [0, 0.1) is 13.8 Å². The lowest BCUT2D eigenvalue weighted by molar-refractivity contribution is 0.529. The fourth-order valence-corrected chi connectivity index (χ4v) is 2.06. The van der Waals surface area contributed by atoms with Crippen LogP contribution in [0.25, 0.3) is 0 Å². The summed E-state index contributed by atoms with van der Waals surface area (Å²) in [5.74, 6) is 0.954. The number of hydrogen-bond acceptors (Lipinski definition) is 3. The maximum atomic E-state index is 4.57. The van der Waals surface area contributed by atoms with Crippen LogP contribution in [0.5, 0.6) is 0 Å². The van der Waals surface area contributed by atoms with E-state index in [-0.39, 0.29) is 12.4 Å². The Labute approximate surface area is 133 Å². The molecule has 0 radical (unpaired) electrons. The SMILES string of the molecule is Cc1cn(C(C)C)nc1NCc1cn(C(C)C)nc1C.Cl. The largest absolute Gasteiger partial charge is 0.364 e. The molecule has 2 aromatic rings. The Balaban J connectivity index is 0.00000220. The molecular weight excluding hydrogens is 286 g/mol. The molecule has 2 rings (SSSR count). The second kappa shape index (κ2) is 6.98. The van der Waals surface area contributed by atoms with Gasteiger partial charge >= 0.3 is 0 Å². The van der Waals surface area contributed by atoms with Crippen LogP contribution >= 0.6 is 12.4 Å². The fourth-order valence-electron chi connectivity index (χ4n) is 2.06. The summed E-state index contributed by atoms with van der Waals surface area (Å²) in [4.78, 5) is 0. The molecule has 0 aromatic carbocycles. The first-order valence-corrected chi connectivity index (χ1v) is 7.22. The highest BCUT2D eigenvalue weighted by molar-refractivity contribution is 5.85. The first kappa shape index (κ1) is 17.6. The number of nitrogens with zero attached hydrogens (tertiary/aromatic N) is 4.